The number of halogens is 1. The van der Waals surface area contributed by atoms with Gasteiger partial charge in [0.15, 0.2) is 5.65 Å². The number of carbonyl (C=O) groups excluding carboxylic acids is 1. The molecule has 1 fully saturated rings. The van der Waals surface area contributed by atoms with Gasteiger partial charge in [0, 0.05) is 37.2 Å². The molecule has 0 aliphatic carbocycles. The molecule has 0 radical (unpaired) electrons. The number of fused-ring (bicyclic) bond motifs is 1. The maximum Gasteiger partial charge on any atom is 0.244 e. The molecule has 122 valence electrons. The second-order valence-corrected chi connectivity index (χ2v) is 5.73. The van der Waals surface area contributed by atoms with Crippen molar-refractivity contribution in [3.63, 3.8) is 0 Å². The summed E-state index contributed by atoms with van der Waals surface area (Å²) in [5.41, 5.74) is 2.81. The molecule has 7 heteroatoms. The van der Waals surface area contributed by atoms with E-state index in [-0.39, 0.29) is 17.8 Å². The fraction of sp³-hybridized carbons (Fsp3) is 0.235. The molecule has 1 aliphatic heterocycles. The molecule has 1 atom stereocenters. The number of carbonyl (C=O) groups is 1. The maximum atomic E-state index is 13.9. The Kier molecular flexibility index (Phi) is 3.70. The van der Waals surface area contributed by atoms with Gasteiger partial charge in [-0.1, -0.05) is 12.1 Å². The molecule has 1 saturated heterocycles. The predicted molar refractivity (Wildman–Crippen MR) is 87.9 cm³/mol. The van der Waals surface area contributed by atoms with Crippen LogP contribution in [0.25, 0.3) is 11.2 Å². The lowest BCUT2D eigenvalue weighted by Crippen LogP contribution is -2.38. The third-order valence-corrected chi connectivity index (χ3v) is 4.27. The standard InChI is InChI=1S/C17H16FN5O/c18-12-3-1-2-4-14(12)23-8-5-13(17(23)24)21-9-11-10-22-16-15(11)19-6-7-20-16/h1-4,6-7,10,13,21H,5,8-9H2,(H,20,22). The maximum absolute atomic E-state index is 13.9. The summed E-state index contributed by atoms with van der Waals surface area (Å²) in [5.74, 6) is -0.482. The molecule has 3 heterocycles. The molecular formula is C17H16FN5O. The van der Waals surface area contributed by atoms with Gasteiger partial charge in [-0.3, -0.25) is 9.78 Å². The highest BCUT2D eigenvalue weighted by molar-refractivity contribution is 5.99. The van der Waals surface area contributed by atoms with E-state index in [1.54, 1.807) is 30.6 Å². The van der Waals surface area contributed by atoms with Gasteiger partial charge in [0.1, 0.15) is 11.3 Å². The molecule has 4 rings (SSSR count). The predicted octanol–water partition coefficient (Wildman–Crippen LogP) is 1.99. The first-order valence-corrected chi connectivity index (χ1v) is 7.80. The van der Waals surface area contributed by atoms with Crippen molar-refractivity contribution >= 4 is 22.8 Å². The summed E-state index contributed by atoms with van der Waals surface area (Å²) in [4.78, 5) is 25.6. The SMILES string of the molecule is O=C1C(NCc2c[nH]c3nccnc23)CCN1c1ccccc1F. The average molecular weight is 325 g/mol. The van der Waals surface area contributed by atoms with Crippen LogP contribution in [0.2, 0.25) is 0 Å². The van der Waals surface area contributed by atoms with Crippen LogP contribution in [0.4, 0.5) is 10.1 Å². The first-order chi connectivity index (χ1) is 11.7. The molecular weight excluding hydrogens is 309 g/mol. The van der Waals surface area contributed by atoms with Crippen LogP contribution >= 0.6 is 0 Å². The van der Waals surface area contributed by atoms with Gasteiger partial charge >= 0.3 is 0 Å². The Hall–Kier alpha value is -2.80. The topological polar surface area (TPSA) is 73.9 Å². The van der Waals surface area contributed by atoms with E-state index in [1.807, 2.05) is 6.20 Å². The van der Waals surface area contributed by atoms with Crippen molar-refractivity contribution < 1.29 is 9.18 Å². The van der Waals surface area contributed by atoms with Crippen LogP contribution in [0.5, 0.6) is 0 Å². The Morgan fingerprint density at radius 3 is 3.00 bits per heavy atom. The second kappa shape index (κ2) is 6.01. The number of hydrogen-bond acceptors (Lipinski definition) is 4. The number of nitrogens with zero attached hydrogens (tertiary/aromatic N) is 3. The van der Waals surface area contributed by atoms with Crippen molar-refractivity contribution in [2.45, 2.75) is 19.0 Å². The minimum absolute atomic E-state index is 0.106. The summed E-state index contributed by atoms with van der Waals surface area (Å²) >= 11 is 0. The minimum Gasteiger partial charge on any atom is -0.344 e. The monoisotopic (exact) mass is 325 g/mol. The summed E-state index contributed by atoms with van der Waals surface area (Å²) in [6.45, 7) is 1.01. The van der Waals surface area contributed by atoms with Gasteiger partial charge in [0.2, 0.25) is 5.91 Å². The zero-order chi connectivity index (χ0) is 16.5. The minimum atomic E-state index is -0.376. The summed E-state index contributed by atoms with van der Waals surface area (Å²) < 4.78 is 13.9. The van der Waals surface area contributed by atoms with E-state index >= 15 is 0 Å². The molecule has 1 aliphatic rings. The van der Waals surface area contributed by atoms with Crippen LogP contribution < -0.4 is 10.2 Å². The molecule has 1 amide bonds. The zero-order valence-corrected chi connectivity index (χ0v) is 12.9. The highest BCUT2D eigenvalue weighted by Gasteiger charge is 2.33. The number of aromatic nitrogens is 3. The molecule has 2 N–H and O–H groups in total. The first kappa shape index (κ1) is 14.8. The van der Waals surface area contributed by atoms with Crippen molar-refractivity contribution in [1.29, 1.82) is 0 Å². The molecule has 1 unspecified atom stereocenters. The third kappa shape index (κ3) is 2.52. The smallest absolute Gasteiger partial charge is 0.244 e. The fourth-order valence-electron chi connectivity index (χ4n) is 3.05. The Bertz CT molecular complexity index is 893. The van der Waals surface area contributed by atoms with Crippen LogP contribution in [-0.2, 0) is 11.3 Å². The number of anilines is 1. The number of nitrogens with one attached hydrogen (secondary N) is 2. The van der Waals surface area contributed by atoms with Crippen molar-refractivity contribution in [2.75, 3.05) is 11.4 Å². The van der Waals surface area contributed by atoms with Crippen molar-refractivity contribution in [3.05, 3.63) is 54.2 Å². The molecule has 24 heavy (non-hydrogen) atoms. The van der Waals surface area contributed by atoms with Gasteiger partial charge in [-0.2, -0.15) is 0 Å². The first-order valence-electron chi connectivity index (χ1n) is 7.80. The summed E-state index contributed by atoms with van der Waals surface area (Å²) in [6.07, 6.45) is 5.75. The number of aromatic amines is 1. The van der Waals surface area contributed by atoms with E-state index in [0.717, 1.165) is 16.7 Å². The van der Waals surface area contributed by atoms with Gasteiger partial charge < -0.3 is 15.2 Å². The summed E-state index contributed by atoms with van der Waals surface area (Å²) in [6, 6.07) is 6.02. The molecule has 6 nitrogen and oxygen atoms in total. The lowest BCUT2D eigenvalue weighted by Gasteiger charge is -2.17. The molecule has 0 bridgehead atoms. The molecule has 0 saturated carbocycles. The van der Waals surface area contributed by atoms with Crippen molar-refractivity contribution in [1.82, 2.24) is 20.3 Å². The number of H-pyrrole nitrogens is 1. The van der Waals surface area contributed by atoms with E-state index in [1.165, 1.54) is 11.0 Å². The van der Waals surface area contributed by atoms with Gasteiger partial charge in [0.25, 0.3) is 0 Å². The van der Waals surface area contributed by atoms with E-state index in [2.05, 4.69) is 20.3 Å². The van der Waals surface area contributed by atoms with Crippen LogP contribution in [0, 0.1) is 5.82 Å². The van der Waals surface area contributed by atoms with E-state index < -0.39 is 0 Å². The van der Waals surface area contributed by atoms with Crippen molar-refractivity contribution in [3.8, 4) is 0 Å². The molecule has 2 aromatic heterocycles. The van der Waals surface area contributed by atoms with Gasteiger partial charge in [-0.25, -0.2) is 9.37 Å². The van der Waals surface area contributed by atoms with Crippen molar-refractivity contribution in [2.24, 2.45) is 0 Å². The third-order valence-electron chi connectivity index (χ3n) is 4.27. The largest absolute Gasteiger partial charge is 0.344 e. The average Bonchev–Trinajstić information content (AvgIpc) is 3.17. The van der Waals surface area contributed by atoms with E-state index in [4.69, 9.17) is 0 Å². The zero-order valence-electron chi connectivity index (χ0n) is 12.9. The quantitative estimate of drug-likeness (QED) is 0.769. The number of rotatable bonds is 4. The van der Waals surface area contributed by atoms with E-state index in [0.29, 0.717) is 25.2 Å². The number of amides is 1. The Morgan fingerprint density at radius 1 is 1.29 bits per heavy atom. The van der Waals surface area contributed by atoms with Crippen LogP contribution in [-0.4, -0.2) is 33.4 Å². The lowest BCUT2D eigenvalue weighted by molar-refractivity contribution is -0.118. The van der Waals surface area contributed by atoms with E-state index in [9.17, 15) is 9.18 Å². The van der Waals surface area contributed by atoms with Crippen LogP contribution in [0.1, 0.15) is 12.0 Å². The normalized spacial score (nSPS) is 17.8. The summed E-state index contributed by atoms with van der Waals surface area (Å²) in [5, 5.41) is 3.24. The highest BCUT2D eigenvalue weighted by Crippen LogP contribution is 2.24. The molecule has 1 aromatic carbocycles. The van der Waals surface area contributed by atoms with Gasteiger partial charge in [-0.15, -0.1) is 0 Å². The number of hydrogen-bond donors (Lipinski definition) is 2. The fourth-order valence-corrected chi connectivity index (χ4v) is 3.05. The number of benzene rings is 1. The van der Waals surface area contributed by atoms with Crippen LogP contribution in [0.15, 0.2) is 42.9 Å². The van der Waals surface area contributed by atoms with Gasteiger partial charge in [0.05, 0.1) is 11.7 Å². The highest BCUT2D eigenvalue weighted by atomic mass is 19.1. The number of para-hydroxylation sites is 1. The Morgan fingerprint density at radius 2 is 2.12 bits per heavy atom. The van der Waals surface area contributed by atoms with Gasteiger partial charge in [-0.05, 0) is 18.6 Å². The molecule has 0 spiro atoms. The van der Waals surface area contributed by atoms with Crippen LogP contribution in [0.3, 0.4) is 0 Å². The summed E-state index contributed by atoms with van der Waals surface area (Å²) in [7, 11) is 0. The Balaban J connectivity index is 1.47. The second-order valence-electron chi connectivity index (χ2n) is 5.73. The Labute approximate surface area is 137 Å². The molecule has 3 aromatic rings. The lowest BCUT2D eigenvalue weighted by atomic mass is 10.2.